The third kappa shape index (κ3) is 1.74. The highest BCUT2D eigenvalue weighted by Crippen LogP contribution is 2.14. The molecule has 3 heteroatoms. The molecule has 58 valence electrons. The smallest absolute Gasteiger partial charge is 0.123 e. The maximum atomic E-state index is 7.20. The summed E-state index contributed by atoms with van der Waals surface area (Å²) in [6, 6.07) is 5.63. The van der Waals surface area contributed by atoms with Crippen molar-refractivity contribution in [3.63, 3.8) is 0 Å². The first-order chi connectivity index (χ1) is 5.11. The van der Waals surface area contributed by atoms with Crippen molar-refractivity contribution in [3.8, 4) is 0 Å². The lowest BCUT2D eigenvalue weighted by atomic mass is 10.1. The van der Waals surface area contributed by atoms with Gasteiger partial charge in [0, 0.05) is 10.5 Å². The number of hydrogen-bond acceptors (Lipinski definition) is 2. The number of aryl methyl sites for hydroxylation is 1. The lowest BCUT2D eigenvalue weighted by Crippen LogP contribution is -2.11. The summed E-state index contributed by atoms with van der Waals surface area (Å²) in [4.78, 5) is 0.753. The van der Waals surface area contributed by atoms with E-state index in [1.54, 1.807) is 0 Å². The molecular weight excluding hydrogens is 156 g/mol. The van der Waals surface area contributed by atoms with Crippen LogP contribution in [0.3, 0.4) is 0 Å². The number of rotatable bonds is 1. The summed E-state index contributed by atoms with van der Waals surface area (Å²) >= 11 is 4.16. The molecule has 0 spiro atoms. The van der Waals surface area contributed by atoms with Crippen LogP contribution in [-0.2, 0) is 0 Å². The van der Waals surface area contributed by atoms with Gasteiger partial charge in [0.2, 0.25) is 0 Å². The second kappa shape index (κ2) is 2.96. The van der Waals surface area contributed by atoms with Crippen LogP contribution in [-0.4, -0.2) is 5.84 Å². The fourth-order valence-corrected chi connectivity index (χ4v) is 1.13. The van der Waals surface area contributed by atoms with Crippen molar-refractivity contribution in [1.82, 2.24) is 0 Å². The van der Waals surface area contributed by atoms with E-state index in [1.165, 1.54) is 0 Å². The van der Waals surface area contributed by atoms with Crippen LogP contribution in [0.2, 0.25) is 0 Å². The summed E-state index contributed by atoms with van der Waals surface area (Å²) in [6.07, 6.45) is 0. The third-order valence-electron chi connectivity index (χ3n) is 1.44. The summed E-state index contributed by atoms with van der Waals surface area (Å²) in [6.45, 7) is 1.96. The summed E-state index contributed by atoms with van der Waals surface area (Å²) in [5.74, 6) is 0.0682. The molecule has 0 bridgehead atoms. The number of hydrogen-bond donors (Lipinski definition) is 3. The molecule has 2 nitrogen and oxygen atoms in total. The second-order valence-corrected chi connectivity index (χ2v) is 2.92. The molecular formula is C8H10N2S. The highest BCUT2D eigenvalue weighted by Gasteiger charge is 2.00. The van der Waals surface area contributed by atoms with E-state index in [1.807, 2.05) is 25.1 Å². The molecule has 0 saturated heterocycles. The fraction of sp³-hybridized carbons (Fsp3) is 0.125. The summed E-state index contributed by atoms with van der Waals surface area (Å²) in [7, 11) is 0. The number of nitrogens with two attached hydrogens (primary N) is 1. The fourth-order valence-electron chi connectivity index (χ4n) is 0.866. The van der Waals surface area contributed by atoms with Crippen molar-refractivity contribution in [2.24, 2.45) is 5.73 Å². The van der Waals surface area contributed by atoms with Gasteiger partial charge >= 0.3 is 0 Å². The average Bonchev–Trinajstić information content (AvgIpc) is 1.94. The van der Waals surface area contributed by atoms with Crippen molar-refractivity contribution in [2.75, 3.05) is 0 Å². The Morgan fingerprint density at radius 3 is 2.64 bits per heavy atom. The Morgan fingerprint density at radius 2 is 2.18 bits per heavy atom. The van der Waals surface area contributed by atoms with Crippen LogP contribution in [0.15, 0.2) is 23.1 Å². The first-order valence-electron chi connectivity index (χ1n) is 3.25. The topological polar surface area (TPSA) is 49.9 Å². The summed E-state index contributed by atoms with van der Waals surface area (Å²) in [5.41, 5.74) is 7.11. The van der Waals surface area contributed by atoms with Crippen LogP contribution in [0.25, 0.3) is 0 Å². The lowest BCUT2D eigenvalue weighted by Gasteiger charge is -2.02. The Kier molecular flexibility index (Phi) is 2.19. The minimum absolute atomic E-state index is 0.0682. The number of nitrogens with one attached hydrogen (secondary N) is 1. The highest BCUT2D eigenvalue weighted by atomic mass is 32.1. The van der Waals surface area contributed by atoms with Gasteiger partial charge < -0.3 is 5.73 Å². The van der Waals surface area contributed by atoms with Crippen molar-refractivity contribution < 1.29 is 0 Å². The van der Waals surface area contributed by atoms with E-state index < -0.39 is 0 Å². The van der Waals surface area contributed by atoms with Gasteiger partial charge in [-0.05, 0) is 19.1 Å². The highest BCUT2D eigenvalue weighted by molar-refractivity contribution is 7.80. The standard InChI is InChI=1S/C8H10N2S/c1-5-2-3-7(11)6(4-5)8(9)10/h2-4,11H,1H3,(H3,9,10). The Hall–Kier alpha value is -0.960. The molecule has 0 aromatic heterocycles. The monoisotopic (exact) mass is 166 g/mol. The van der Waals surface area contributed by atoms with E-state index >= 15 is 0 Å². The van der Waals surface area contributed by atoms with Gasteiger partial charge in [0.25, 0.3) is 0 Å². The zero-order valence-electron chi connectivity index (χ0n) is 6.26. The molecule has 0 fully saturated rings. The van der Waals surface area contributed by atoms with E-state index in [-0.39, 0.29) is 5.84 Å². The first kappa shape index (κ1) is 8.14. The van der Waals surface area contributed by atoms with E-state index in [9.17, 15) is 0 Å². The van der Waals surface area contributed by atoms with Gasteiger partial charge in [-0.15, -0.1) is 12.6 Å². The Balaban J connectivity index is 3.23. The molecule has 1 rings (SSSR count). The van der Waals surface area contributed by atoms with E-state index in [0.29, 0.717) is 5.56 Å². The third-order valence-corrected chi connectivity index (χ3v) is 1.83. The zero-order valence-corrected chi connectivity index (χ0v) is 7.15. The van der Waals surface area contributed by atoms with Crippen LogP contribution in [0, 0.1) is 12.3 Å². The summed E-state index contributed by atoms with van der Waals surface area (Å²) < 4.78 is 0. The SMILES string of the molecule is Cc1ccc(S)c(C(=N)N)c1. The van der Waals surface area contributed by atoms with Gasteiger partial charge in [0.1, 0.15) is 5.84 Å². The van der Waals surface area contributed by atoms with Crippen molar-refractivity contribution in [2.45, 2.75) is 11.8 Å². The van der Waals surface area contributed by atoms with Crippen molar-refractivity contribution in [1.29, 1.82) is 5.41 Å². The Labute approximate surface area is 71.3 Å². The van der Waals surface area contributed by atoms with Crippen LogP contribution in [0.1, 0.15) is 11.1 Å². The number of nitrogen functional groups attached to an aromatic ring is 1. The maximum Gasteiger partial charge on any atom is 0.123 e. The van der Waals surface area contributed by atoms with Gasteiger partial charge in [-0.2, -0.15) is 0 Å². The predicted molar refractivity (Wildman–Crippen MR) is 49.4 cm³/mol. The molecule has 0 aliphatic heterocycles. The summed E-state index contributed by atoms with van der Waals surface area (Å²) in [5, 5.41) is 7.20. The van der Waals surface area contributed by atoms with Gasteiger partial charge in [0.15, 0.2) is 0 Å². The van der Waals surface area contributed by atoms with Crippen LogP contribution >= 0.6 is 12.6 Å². The van der Waals surface area contributed by atoms with Crippen molar-refractivity contribution in [3.05, 3.63) is 29.3 Å². The largest absolute Gasteiger partial charge is 0.384 e. The van der Waals surface area contributed by atoms with E-state index in [0.717, 1.165) is 10.5 Å². The molecule has 1 aromatic carbocycles. The molecule has 0 saturated carbocycles. The average molecular weight is 166 g/mol. The molecule has 3 N–H and O–H groups in total. The minimum Gasteiger partial charge on any atom is -0.384 e. The van der Waals surface area contributed by atoms with Crippen molar-refractivity contribution >= 4 is 18.5 Å². The number of amidine groups is 1. The molecule has 0 amide bonds. The van der Waals surface area contributed by atoms with Crippen LogP contribution < -0.4 is 5.73 Å². The van der Waals surface area contributed by atoms with E-state index in [2.05, 4.69) is 12.6 Å². The number of benzene rings is 1. The predicted octanol–water partition coefficient (Wildman–Crippen LogP) is 1.57. The zero-order chi connectivity index (χ0) is 8.43. The normalized spacial score (nSPS) is 9.64. The molecule has 1 aromatic rings. The molecule has 0 heterocycles. The number of thiol groups is 1. The molecule has 0 atom stereocenters. The molecule has 0 radical (unpaired) electrons. The molecule has 0 aliphatic carbocycles. The van der Waals surface area contributed by atoms with Gasteiger partial charge in [-0.25, -0.2) is 0 Å². The molecule has 0 aliphatic rings. The maximum absolute atomic E-state index is 7.20. The second-order valence-electron chi connectivity index (χ2n) is 2.43. The van der Waals surface area contributed by atoms with Crippen LogP contribution in [0.5, 0.6) is 0 Å². The minimum atomic E-state index is 0.0682. The van der Waals surface area contributed by atoms with Crippen LogP contribution in [0.4, 0.5) is 0 Å². The van der Waals surface area contributed by atoms with Gasteiger partial charge in [0.05, 0.1) is 0 Å². The molecule has 11 heavy (non-hydrogen) atoms. The quantitative estimate of drug-likeness (QED) is 0.331. The van der Waals surface area contributed by atoms with E-state index in [4.69, 9.17) is 11.1 Å². The van der Waals surface area contributed by atoms with Gasteiger partial charge in [-0.3, -0.25) is 5.41 Å². The molecule has 0 unspecified atom stereocenters. The first-order valence-corrected chi connectivity index (χ1v) is 3.70. The Morgan fingerprint density at radius 1 is 1.55 bits per heavy atom. The van der Waals surface area contributed by atoms with Gasteiger partial charge in [-0.1, -0.05) is 11.6 Å². The lowest BCUT2D eigenvalue weighted by molar-refractivity contribution is 1.31. The Bertz CT molecular complexity index is 294.